The Bertz CT molecular complexity index is 387. The van der Waals surface area contributed by atoms with E-state index in [1.165, 1.54) is 39.0 Å². The quantitative estimate of drug-likeness (QED) is 0.783. The molecule has 3 rings (SSSR count). The smallest absolute Gasteiger partial charge is 0.121 e. The number of nitrogens with zero attached hydrogens (tertiary/aromatic N) is 2. The normalized spacial score (nSPS) is 28.2. The van der Waals surface area contributed by atoms with Crippen LogP contribution < -0.4 is 0 Å². The average Bonchev–Trinajstić information content (AvgIpc) is 2.95. The van der Waals surface area contributed by atoms with Gasteiger partial charge in [0, 0.05) is 25.7 Å². The van der Waals surface area contributed by atoms with Crippen LogP contribution in [-0.2, 0) is 0 Å². The van der Waals surface area contributed by atoms with Crippen LogP contribution in [0, 0.1) is 6.92 Å². The van der Waals surface area contributed by atoms with E-state index in [4.69, 9.17) is 4.42 Å². The molecule has 2 atom stereocenters. The lowest BCUT2D eigenvalue weighted by molar-refractivity contribution is 0.0694. The Labute approximate surface area is 103 Å². The standard InChI is InChI=1S/C14H22N2O/c1-11-5-6-14(17-11)12(2)16-9-8-15-7-3-4-13(15)10-16/h5-6,12-13H,3-4,7-10H2,1-2H3. The van der Waals surface area contributed by atoms with Gasteiger partial charge in [-0.2, -0.15) is 0 Å². The number of piperazine rings is 1. The van der Waals surface area contributed by atoms with E-state index in [2.05, 4.69) is 28.9 Å². The first-order chi connectivity index (χ1) is 8.24. The lowest BCUT2D eigenvalue weighted by Gasteiger charge is -2.39. The topological polar surface area (TPSA) is 19.6 Å². The van der Waals surface area contributed by atoms with Crippen LogP contribution in [0.25, 0.3) is 0 Å². The predicted molar refractivity (Wildman–Crippen MR) is 68.0 cm³/mol. The lowest BCUT2D eigenvalue weighted by Crippen LogP contribution is -2.50. The van der Waals surface area contributed by atoms with Gasteiger partial charge in [0.1, 0.15) is 11.5 Å². The number of hydrogen-bond acceptors (Lipinski definition) is 3. The highest BCUT2D eigenvalue weighted by Crippen LogP contribution is 2.28. The summed E-state index contributed by atoms with van der Waals surface area (Å²) in [6.45, 7) is 9.22. The zero-order chi connectivity index (χ0) is 11.8. The van der Waals surface area contributed by atoms with Crippen LogP contribution in [0.15, 0.2) is 16.5 Å². The van der Waals surface area contributed by atoms with Gasteiger partial charge in [-0.3, -0.25) is 9.80 Å². The van der Waals surface area contributed by atoms with Crippen molar-refractivity contribution < 1.29 is 4.42 Å². The van der Waals surface area contributed by atoms with Gasteiger partial charge in [-0.05, 0) is 45.4 Å². The van der Waals surface area contributed by atoms with Crippen LogP contribution in [0.3, 0.4) is 0 Å². The largest absolute Gasteiger partial charge is 0.465 e. The molecule has 3 heterocycles. The van der Waals surface area contributed by atoms with Crippen molar-refractivity contribution in [3.63, 3.8) is 0 Å². The van der Waals surface area contributed by atoms with E-state index in [-0.39, 0.29) is 0 Å². The molecule has 2 aliphatic heterocycles. The molecule has 0 spiro atoms. The number of fused-ring (bicyclic) bond motifs is 1. The molecule has 2 saturated heterocycles. The van der Waals surface area contributed by atoms with Crippen LogP contribution in [0.4, 0.5) is 0 Å². The summed E-state index contributed by atoms with van der Waals surface area (Å²) >= 11 is 0. The molecule has 17 heavy (non-hydrogen) atoms. The van der Waals surface area contributed by atoms with Gasteiger partial charge >= 0.3 is 0 Å². The fraction of sp³-hybridized carbons (Fsp3) is 0.714. The molecule has 94 valence electrons. The Kier molecular flexibility index (Phi) is 2.97. The van der Waals surface area contributed by atoms with Crippen molar-refractivity contribution in [1.82, 2.24) is 9.80 Å². The van der Waals surface area contributed by atoms with Crippen molar-refractivity contribution in [2.24, 2.45) is 0 Å². The average molecular weight is 234 g/mol. The first-order valence-corrected chi connectivity index (χ1v) is 6.78. The molecule has 1 aromatic heterocycles. The third-order valence-electron chi connectivity index (χ3n) is 4.34. The lowest BCUT2D eigenvalue weighted by atomic mass is 10.1. The Morgan fingerprint density at radius 1 is 1.29 bits per heavy atom. The molecule has 3 nitrogen and oxygen atoms in total. The van der Waals surface area contributed by atoms with E-state index in [1.54, 1.807) is 0 Å². The fourth-order valence-corrected chi connectivity index (χ4v) is 3.22. The summed E-state index contributed by atoms with van der Waals surface area (Å²) in [4.78, 5) is 5.22. The molecule has 0 aliphatic carbocycles. The summed E-state index contributed by atoms with van der Waals surface area (Å²) in [5.74, 6) is 2.14. The molecule has 0 aromatic carbocycles. The molecule has 0 radical (unpaired) electrons. The number of hydrogen-bond donors (Lipinski definition) is 0. The van der Waals surface area contributed by atoms with Gasteiger partial charge in [-0.1, -0.05) is 0 Å². The maximum atomic E-state index is 5.75. The Morgan fingerprint density at radius 2 is 2.18 bits per heavy atom. The molecule has 0 amide bonds. The maximum absolute atomic E-state index is 5.75. The molecule has 0 bridgehead atoms. The highest BCUT2D eigenvalue weighted by Gasteiger charge is 2.33. The summed E-state index contributed by atoms with van der Waals surface area (Å²) in [7, 11) is 0. The fourth-order valence-electron chi connectivity index (χ4n) is 3.22. The summed E-state index contributed by atoms with van der Waals surface area (Å²) in [6, 6.07) is 5.41. The number of aryl methyl sites for hydroxylation is 1. The predicted octanol–water partition coefficient (Wildman–Crippen LogP) is 2.43. The first kappa shape index (κ1) is 11.3. The maximum Gasteiger partial charge on any atom is 0.121 e. The van der Waals surface area contributed by atoms with Crippen molar-refractivity contribution in [3.8, 4) is 0 Å². The number of rotatable bonds is 2. The highest BCUT2D eigenvalue weighted by molar-refractivity contribution is 5.09. The first-order valence-electron chi connectivity index (χ1n) is 6.78. The van der Waals surface area contributed by atoms with Crippen molar-refractivity contribution in [1.29, 1.82) is 0 Å². The van der Waals surface area contributed by atoms with Crippen molar-refractivity contribution in [2.45, 2.75) is 38.8 Å². The van der Waals surface area contributed by atoms with Crippen molar-refractivity contribution in [3.05, 3.63) is 23.7 Å². The molecule has 2 unspecified atom stereocenters. The highest BCUT2D eigenvalue weighted by atomic mass is 16.3. The second kappa shape index (κ2) is 4.46. The van der Waals surface area contributed by atoms with Gasteiger partial charge in [-0.15, -0.1) is 0 Å². The van der Waals surface area contributed by atoms with Gasteiger partial charge in [0.25, 0.3) is 0 Å². The SMILES string of the molecule is Cc1ccc(C(C)N2CCN3CCCC3C2)o1. The Balaban J connectivity index is 1.68. The zero-order valence-corrected chi connectivity index (χ0v) is 10.9. The molecule has 2 fully saturated rings. The summed E-state index contributed by atoms with van der Waals surface area (Å²) < 4.78 is 5.75. The van der Waals surface area contributed by atoms with E-state index in [1.807, 2.05) is 6.92 Å². The van der Waals surface area contributed by atoms with E-state index in [0.717, 1.165) is 17.6 Å². The second-order valence-corrected chi connectivity index (χ2v) is 5.45. The summed E-state index contributed by atoms with van der Waals surface area (Å²) in [5, 5.41) is 0. The Morgan fingerprint density at radius 3 is 2.94 bits per heavy atom. The van der Waals surface area contributed by atoms with E-state index < -0.39 is 0 Å². The summed E-state index contributed by atoms with van der Waals surface area (Å²) in [6.07, 6.45) is 2.76. The third kappa shape index (κ3) is 2.14. The molecule has 0 N–H and O–H groups in total. The van der Waals surface area contributed by atoms with Gasteiger partial charge in [0.15, 0.2) is 0 Å². The second-order valence-electron chi connectivity index (χ2n) is 5.45. The van der Waals surface area contributed by atoms with Gasteiger partial charge in [0.05, 0.1) is 6.04 Å². The van der Waals surface area contributed by atoms with Gasteiger partial charge < -0.3 is 4.42 Å². The van der Waals surface area contributed by atoms with E-state index >= 15 is 0 Å². The van der Waals surface area contributed by atoms with Gasteiger partial charge in [0.2, 0.25) is 0 Å². The van der Waals surface area contributed by atoms with Crippen LogP contribution in [0.1, 0.15) is 37.3 Å². The Hall–Kier alpha value is -0.800. The summed E-state index contributed by atoms with van der Waals surface area (Å²) in [5.41, 5.74) is 0. The number of furan rings is 1. The van der Waals surface area contributed by atoms with E-state index in [9.17, 15) is 0 Å². The van der Waals surface area contributed by atoms with Crippen molar-refractivity contribution >= 4 is 0 Å². The molecule has 0 saturated carbocycles. The minimum absolute atomic E-state index is 0.423. The van der Waals surface area contributed by atoms with Crippen LogP contribution in [-0.4, -0.2) is 42.0 Å². The molecular formula is C14H22N2O. The monoisotopic (exact) mass is 234 g/mol. The minimum atomic E-state index is 0.423. The van der Waals surface area contributed by atoms with E-state index in [0.29, 0.717) is 6.04 Å². The van der Waals surface area contributed by atoms with Gasteiger partial charge in [-0.25, -0.2) is 0 Å². The molecular weight excluding hydrogens is 212 g/mol. The third-order valence-corrected chi connectivity index (χ3v) is 4.34. The minimum Gasteiger partial charge on any atom is -0.465 e. The van der Waals surface area contributed by atoms with Crippen LogP contribution in [0.2, 0.25) is 0 Å². The van der Waals surface area contributed by atoms with Crippen LogP contribution >= 0.6 is 0 Å². The molecule has 1 aromatic rings. The zero-order valence-electron chi connectivity index (χ0n) is 10.9. The van der Waals surface area contributed by atoms with Crippen molar-refractivity contribution in [2.75, 3.05) is 26.2 Å². The van der Waals surface area contributed by atoms with Crippen LogP contribution in [0.5, 0.6) is 0 Å². The molecule has 2 aliphatic rings. The molecule has 3 heteroatoms.